The molecule has 0 unspecified atom stereocenters. The molecule has 0 aliphatic rings. The number of carbonyl (C=O) groups is 1. The van der Waals surface area contributed by atoms with Crippen LogP contribution < -0.4 is 10.6 Å². The van der Waals surface area contributed by atoms with Crippen LogP contribution in [-0.2, 0) is 6.54 Å². The van der Waals surface area contributed by atoms with Crippen LogP contribution in [0.3, 0.4) is 0 Å². The quantitative estimate of drug-likeness (QED) is 0.815. The average Bonchev–Trinajstić information content (AvgIpc) is 2.70. The fourth-order valence-corrected chi connectivity index (χ4v) is 2.46. The van der Waals surface area contributed by atoms with Crippen molar-refractivity contribution in [1.29, 1.82) is 0 Å². The lowest BCUT2D eigenvalue weighted by Crippen LogP contribution is -2.37. The molecular weight excluding hydrogens is 329 g/mol. The van der Waals surface area contributed by atoms with Gasteiger partial charge in [0.1, 0.15) is 5.82 Å². The van der Waals surface area contributed by atoms with Crippen molar-refractivity contribution in [3.63, 3.8) is 0 Å². The van der Waals surface area contributed by atoms with E-state index in [0.717, 1.165) is 11.3 Å². The van der Waals surface area contributed by atoms with E-state index in [1.165, 1.54) is 12.1 Å². The highest BCUT2D eigenvalue weighted by molar-refractivity contribution is 5.94. The number of carbonyl (C=O) groups excluding carboxylic acids is 1. The maximum atomic E-state index is 13.0. The van der Waals surface area contributed by atoms with Crippen LogP contribution in [0, 0.1) is 5.82 Å². The number of halogens is 1. The number of benzene rings is 2. The summed E-state index contributed by atoms with van der Waals surface area (Å²) in [4.78, 5) is 16.4. The Kier molecular flexibility index (Phi) is 9.37. The van der Waals surface area contributed by atoms with Gasteiger partial charge in [0, 0.05) is 44.5 Å². The van der Waals surface area contributed by atoms with E-state index < -0.39 is 0 Å². The van der Waals surface area contributed by atoms with Gasteiger partial charge in [-0.3, -0.25) is 4.79 Å². The number of anilines is 1. The van der Waals surface area contributed by atoms with Gasteiger partial charge in [0.05, 0.1) is 0 Å². The molecule has 2 N–H and O–H groups in total. The molecule has 2 aromatic carbocycles. The Bertz CT molecular complexity index is 656. The first-order valence-corrected chi connectivity index (χ1v) is 9.10. The molecule has 0 saturated carbocycles. The summed E-state index contributed by atoms with van der Waals surface area (Å²) in [6.45, 7) is 8.33. The Morgan fingerprint density at radius 1 is 1.00 bits per heavy atom. The SMILES string of the molecule is CC.CCN(CCN(C)c1ccc(F)cc1)C(=O)c1ccc(CN)cc1. The van der Waals surface area contributed by atoms with Crippen molar-refractivity contribution in [2.45, 2.75) is 27.3 Å². The second-order valence-corrected chi connectivity index (χ2v) is 5.68. The molecule has 4 nitrogen and oxygen atoms in total. The molecule has 142 valence electrons. The van der Waals surface area contributed by atoms with Crippen molar-refractivity contribution in [3.05, 3.63) is 65.5 Å². The maximum Gasteiger partial charge on any atom is 0.253 e. The summed E-state index contributed by atoms with van der Waals surface area (Å²) in [6.07, 6.45) is 0. The standard InChI is InChI=1S/C19H24FN3O.C2H6/c1-3-23(19(24)16-6-4-15(14-21)5-7-16)13-12-22(2)18-10-8-17(20)9-11-18;1-2/h4-11H,3,12-14,21H2,1-2H3;1-2H3. The zero-order chi connectivity index (χ0) is 19.5. The van der Waals surface area contributed by atoms with E-state index in [1.807, 2.05) is 57.0 Å². The van der Waals surface area contributed by atoms with E-state index >= 15 is 0 Å². The second-order valence-electron chi connectivity index (χ2n) is 5.68. The summed E-state index contributed by atoms with van der Waals surface area (Å²) in [6, 6.07) is 13.7. The average molecular weight is 359 g/mol. The Morgan fingerprint density at radius 2 is 1.58 bits per heavy atom. The summed E-state index contributed by atoms with van der Waals surface area (Å²) in [7, 11) is 1.93. The Hall–Kier alpha value is -2.40. The molecule has 0 radical (unpaired) electrons. The van der Waals surface area contributed by atoms with Crippen LogP contribution in [0.15, 0.2) is 48.5 Å². The lowest BCUT2D eigenvalue weighted by Gasteiger charge is -2.26. The van der Waals surface area contributed by atoms with Gasteiger partial charge in [0.2, 0.25) is 0 Å². The summed E-state index contributed by atoms with van der Waals surface area (Å²) in [5.74, 6) is -0.244. The van der Waals surface area contributed by atoms with Gasteiger partial charge >= 0.3 is 0 Å². The summed E-state index contributed by atoms with van der Waals surface area (Å²) < 4.78 is 13.0. The molecule has 0 saturated heterocycles. The smallest absolute Gasteiger partial charge is 0.253 e. The molecule has 0 fully saturated rings. The molecule has 0 bridgehead atoms. The predicted octanol–water partition coefficient (Wildman–Crippen LogP) is 3.91. The fourth-order valence-electron chi connectivity index (χ4n) is 2.46. The number of hydrogen-bond acceptors (Lipinski definition) is 3. The van der Waals surface area contributed by atoms with Crippen molar-refractivity contribution in [3.8, 4) is 0 Å². The summed E-state index contributed by atoms with van der Waals surface area (Å²) in [5.41, 5.74) is 8.18. The molecule has 0 heterocycles. The molecule has 2 rings (SSSR count). The van der Waals surface area contributed by atoms with E-state index in [9.17, 15) is 9.18 Å². The topological polar surface area (TPSA) is 49.6 Å². The number of nitrogens with two attached hydrogens (primary N) is 1. The van der Waals surface area contributed by atoms with E-state index in [4.69, 9.17) is 5.73 Å². The third kappa shape index (κ3) is 6.15. The van der Waals surface area contributed by atoms with Crippen LogP contribution in [0.2, 0.25) is 0 Å². The first-order chi connectivity index (χ1) is 12.5. The van der Waals surface area contributed by atoms with Crippen LogP contribution in [0.5, 0.6) is 0 Å². The maximum absolute atomic E-state index is 13.0. The van der Waals surface area contributed by atoms with E-state index in [0.29, 0.717) is 31.7 Å². The Balaban J connectivity index is 0.00000163. The van der Waals surface area contributed by atoms with Crippen LogP contribution in [-0.4, -0.2) is 37.5 Å². The van der Waals surface area contributed by atoms with Gasteiger partial charge in [-0.25, -0.2) is 4.39 Å². The van der Waals surface area contributed by atoms with Gasteiger partial charge in [0.25, 0.3) is 5.91 Å². The van der Waals surface area contributed by atoms with Crippen molar-refractivity contribution in [1.82, 2.24) is 4.90 Å². The first-order valence-electron chi connectivity index (χ1n) is 9.10. The predicted molar refractivity (Wildman–Crippen MR) is 107 cm³/mol. The fraction of sp³-hybridized carbons (Fsp3) is 0.381. The molecule has 0 aromatic heterocycles. The monoisotopic (exact) mass is 359 g/mol. The van der Waals surface area contributed by atoms with Gasteiger partial charge in [-0.2, -0.15) is 0 Å². The molecule has 0 atom stereocenters. The number of rotatable bonds is 7. The highest BCUT2D eigenvalue weighted by Gasteiger charge is 2.14. The minimum Gasteiger partial charge on any atom is -0.373 e. The second kappa shape index (κ2) is 11.3. The lowest BCUT2D eigenvalue weighted by molar-refractivity contribution is 0.0769. The number of likely N-dealkylation sites (N-methyl/N-ethyl adjacent to an activating group) is 2. The normalized spacial score (nSPS) is 9.92. The van der Waals surface area contributed by atoms with Gasteiger partial charge in [-0.15, -0.1) is 0 Å². The van der Waals surface area contributed by atoms with Gasteiger partial charge in [-0.1, -0.05) is 26.0 Å². The van der Waals surface area contributed by atoms with Crippen LogP contribution in [0.1, 0.15) is 36.7 Å². The number of nitrogens with zero attached hydrogens (tertiary/aromatic N) is 2. The van der Waals surface area contributed by atoms with Gasteiger partial charge < -0.3 is 15.5 Å². The minimum absolute atomic E-state index is 0.00794. The van der Waals surface area contributed by atoms with Crippen molar-refractivity contribution in [2.24, 2.45) is 5.73 Å². The van der Waals surface area contributed by atoms with Crippen molar-refractivity contribution >= 4 is 11.6 Å². The zero-order valence-electron chi connectivity index (χ0n) is 16.2. The molecule has 26 heavy (non-hydrogen) atoms. The van der Waals surface area contributed by atoms with E-state index in [2.05, 4.69) is 0 Å². The van der Waals surface area contributed by atoms with E-state index in [1.54, 1.807) is 17.0 Å². The first kappa shape index (κ1) is 21.6. The van der Waals surface area contributed by atoms with Crippen molar-refractivity contribution in [2.75, 3.05) is 31.6 Å². The third-order valence-corrected chi connectivity index (χ3v) is 4.08. The van der Waals surface area contributed by atoms with Crippen LogP contribution in [0.25, 0.3) is 0 Å². The molecule has 5 heteroatoms. The molecule has 2 aromatic rings. The molecule has 1 amide bonds. The zero-order valence-corrected chi connectivity index (χ0v) is 16.2. The molecular formula is C21H30FN3O. The highest BCUT2D eigenvalue weighted by atomic mass is 19.1. The molecule has 0 aliphatic heterocycles. The van der Waals surface area contributed by atoms with Gasteiger partial charge in [0.15, 0.2) is 0 Å². The van der Waals surface area contributed by atoms with Gasteiger partial charge in [-0.05, 0) is 48.9 Å². The number of hydrogen-bond donors (Lipinski definition) is 1. The minimum atomic E-state index is -0.251. The summed E-state index contributed by atoms with van der Waals surface area (Å²) >= 11 is 0. The van der Waals surface area contributed by atoms with Crippen LogP contribution in [0.4, 0.5) is 10.1 Å². The van der Waals surface area contributed by atoms with Crippen molar-refractivity contribution < 1.29 is 9.18 Å². The number of amides is 1. The third-order valence-electron chi connectivity index (χ3n) is 4.08. The lowest BCUT2D eigenvalue weighted by atomic mass is 10.1. The van der Waals surface area contributed by atoms with Crippen LogP contribution >= 0.6 is 0 Å². The summed E-state index contributed by atoms with van der Waals surface area (Å²) in [5, 5.41) is 0. The van der Waals surface area contributed by atoms with E-state index in [-0.39, 0.29) is 11.7 Å². The highest BCUT2D eigenvalue weighted by Crippen LogP contribution is 2.13. The molecule has 0 aliphatic carbocycles. The Morgan fingerprint density at radius 3 is 2.08 bits per heavy atom. The molecule has 0 spiro atoms. The largest absolute Gasteiger partial charge is 0.373 e. The Labute approximate surface area is 156 Å².